The van der Waals surface area contributed by atoms with Gasteiger partial charge in [-0.2, -0.15) is 13.2 Å². The maximum atomic E-state index is 13.1. The molecule has 116 valence electrons. The molecule has 0 amide bonds. The average molecular weight is 327 g/mol. The first-order chi connectivity index (χ1) is 10.5. The molecule has 3 aromatic rings. The van der Waals surface area contributed by atoms with Gasteiger partial charge in [-0.15, -0.1) is 22.0 Å². The number of hydrogen-bond donors (Lipinski definition) is 0. The lowest BCUT2D eigenvalue weighted by atomic mass is 10.4. The van der Waals surface area contributed by atoms with E-state index in [0.29, 0.717) is 10.5 Å². The highest BCUT2D eigenvalue weighted by Crippen LogP contribution is 2.32. The SMILES string of the molecule is CCCCSc1nc2cccnc2n2c(C(F)(F)F)nnc12. The van der Waals surface area contributed by atoms with Crippen LogP contribution < -0.4 is 0 Å². The highest BCUT2D eigenvalue weighted by Gasteiger charge is 2.38. The van der Waals surface area contributed by atoms with E-state index in [-0.39, 0.29) is 11.3 Å². The van der Waals surface area contributed by atoms with Crippen molar-refractivity contribution in [3.8, 4) is 0 Å². The molecule has 0 aliphatic carbocycles. The summed E-state index contributed by atoms with van der Waals surface area (Å²) < 4.78 is 40.4. The second kappa shape index (κ2) is 5.71. The maximum absolute atomic E-state index is 13.1. The molecule has 3 aromatic heterocycles. The van der Waals surface area contributed by atoms with Gasteiger partial charge in [0.2, 0.25) is 5.82 Å². The number of rotatable bonds is 4. The van der Waals surface area contributed by atoms with Crippen LogP contribution in [0.1, 0.15) is 25.6 Å². The van der Waals surface area contributed by atoms with Gasteiger partial charge in [0.15, 0.2) is 11.3 Å². The Kier molecular flexibility index (Phi) is 3.90. The first kappa shape index (κ1) is 15.0. The van der Waals surface area contributed by atoms with Gasteiger partial charge in [-0.05, 0) is 24.3 Å². The second-order valence-corrected chi connectivity index (χ2v) is 5.73. The van der Waals surface area contributed by atoms with E-state index in [1.54, 1.807) is 12.1 Å². The topological polar surface area (TPSA) is 56.0 Å². The molecule has 3 rings (SSSR count). The molecule has 22 heavy (non-hydrogen) atoms. The minimum absolute atomic E-state index is 0.0969. The Morgan fingerprint density at radius 1 is 1.23 bits per heavy atom. The Bertz CT molecular complexity index is 814. The summed E-state index contributed by atoms with van der Waals surface area (Å²) in [7, 11) is 0. The lowest BCUT2D eigenvalue weighted by Crippen LogP contribution is -2.12. The monoisotopic (exact) mass is 327 g/mol. The molecular weight excluding hydrogens is 315 g/mol. The normalized spacial score (nSPS) is 12.4. The molecule has 3 heterocycles. The van der Waals surface area contributed by atoms with Crippen molar-refractivity contribution in [1.29, 1.82) is 0 Å². The summed E-state index contributed by atoms with van der Waals surface area (Å²) in [5.41, 5.74) is 0.591. The van der Waals surface area contributed by atoms with E-state index < -0.39 is 12.0 Å². The third-order valence-electron chi connectivity index (χ3n) is 3.04. The highest BCUT2D eigenvalue weighted by molar-refractivity contribution is 7.99. The Morgan fingerprint density at radius 3 is 2.77 bits per heavy atom. The largest absolute Gasteiger partial charge is 0.452 e. The van der Waals surface area contributed by atoms with Crippen molar-refractivity contribution < 1.29 is 13.2 Å². The number of fused-ring (bicyclic) bond motifs is 3. The molecule has 0 saturated heterocycles. The zero-order chi connectivity index (χ0) is 15.7. The van der Waals surface area contributed by atoms with Gasteiger partial charge in [0, 0.05) is 6.20 Å². The number of halogens is 3. The standard InChI is InChI=1S/C13H12F3N5S/c1-2-3-7-22-11-10-19-20-12(13(14,15)16)21(10)9-8(18-11)5-4-6-17-9/h4-6H,2-3,7H2,1H3. The van der Waals surface area contributed by atoms with Gasteiger partial charge in [0.05, 0.1) is 0 Å². The van der Waals surface area contributed by atoms with Crippen molar-refractivity contribution in [3.63, 3.8) is 0 Å². The van der Waals surface area contributed by atoms with E-state index in [1.165, 1.54) is 18.0 Å². The Labute approximate surface area is 128 Å². The molecule has 0 saturated carbocycles. The lowest BCUT2D eigenvalue weighted by Gasteiger charge is -2.08. The van der Waals surface area contributed by atoms with E-state index in [4.69, 9.17) is 0 Å². The summed E-state index contributed by atoms with van der Waals surface area (Å²) in [6.45, 7) is 2.05. The number of alkyl halides is 3. The predicted octanol–water partition coefficient (Wildman–Crippen LogP) is 3.58. The van der Waals surface area contributed by atoms with E-state index in [9.17, 15) is 13.2 Å². The molecule has 9 heteroatoms. The molecule has 0 aliphatic heterocycles. The van der Waals surface area contributed by atoms with E-state index in [2.05, 4.69) is 20.2 Å². The minimum Gasteiger partial charge on any atom is -0.251 e. The molecule has 0 N–H and O–H groups in total. The second-order valence-electron chi connectivity index (χ2n) is 4.65. The maximum Gasteiger partial charge on any atom is 0.452 e. The van der Waals surface area contributed by atoms with Gasteiger partial charge in [-0.1, -0.05) is 13.3 Å². The van der Waals surface area contributed by atoms with Crippen LogP contribution in [0.15, 0.2) is 23.4 Å². The molecule has 0 spiro atoms. The Hall–Kier alpha value is -1.90. The minimum atomic E-state index is -4.60. The van der Waals surface area contributed by atoms with Crippen molar-refractivity contribution in [2.45, 2.75) is 31.0 Å². The Balaban J connectivity index is 2.26. The third kappa shape index (κ3) is 2.60. The molecule has 5 nitrogen and oxygen atoms in total. The molecule has 0 atom stereocenters. The van der Waals surface area contributed by atoms with Crippen molar-refractivity contribution in [3.05, 3.63) is 24.2 Å². The number of hydrogen-bond acceptors (Lipinski definition) is 5. The molecule has 0 unspecified atom stereocenters. The summed E-state index contributed by atoms with van der Waals surface area (Å²) in [6, 6.07) is 3.27. The van der Waals surface area contributed by atoms with Gasteiger partial charge in [-0.3, -0.25) is 4.40 Å². The summed E-state index contributed by atoms with van der Waals surface area (Å²) in [5.74, 6) is -0.315. The van der Waals surface area contributed by atoms with Gasteiger partial charge in [0.25, 0.3) is 0 Å². The quantitative estimate of drug-likeness (QED) is 0.541. The number of nitrogens with zero attached hydrogens (tertiary/aromatic N) is 5. The highest BCUT2D eigenvalue weighted by atomic mass is 32.2. The van der Waals surface area contributed by atoms with Crippen molar-refractivity contribution >= 4 is 28.6 Å². The summed E-state index contributed by atoms with van der Waals surface area (Å²) in [6.07, 6.45) is -1.23. The van der Waals surface area contributed by atoms with Crippen molar-refractivity contribution in [2.75, 3.05) is 5.75 Å². The third-order valence-corrected chi connectivity index (χ3v) is 4.08. The number of aromatic nitrogens is 5. The first-order valence-electron chi connectivity index (χ1n) is 6.72. The van der Waals surface area contributed by atoms with Crippen LogP contribution in [-0.4, -0.2) is 30.3 Å². The van der Waals surface area contributed by atoms with Crippen LogP contribution in [0, 0.1) is 0 Å². The zero-order valence-electron chi connectivity index (χ0n) is 11.6. The van der Waals surface area contributed by atoms with Crippen LogP contribution in [0.25, 0.3) is 16.8 Å². The zero-order valence-corrected chi connectivity index (χ0v) is 12.4. The van der Waals surface area contributed by atoms with Gasteiger partial charge in [0.1, 0.15) is 10.5 Å². The number of pyridine rings is 1. The fourth-order valence-corrected chi connectivity index (χ4v) is 3.07. The summed E-state index contributed by atoms with van der Waals surface area (Å²) in [5, 5.41) is 7.43. The molecule has 0 aliphatic rings. The van der Waals surface area contributed by atoms with Crippen LogP contribution in [-0.2, 0) is 6.18 Å². The molecule has 0 fully saturated rings. The molecule has 0 aromatic carbocycles. The number of unbranched alkanes of at least 4 members (excludes halogenated alkanes) is 1. The van der Waals surface area contributed by atoms with Crippen LogP contribution in [0.5, 0.6) is 0 Å². The first-order valence-corrected chi connectivity index (χ1v) is 7.70. The molecular formula is C13H12F3N5S. The fraction of sp³-hybridized carbons (Fsp3) is 0.385. The smallest absolute Gasteiger partial charge is 0.251 e. The van der Waals surface area contributed by atoms with Crippen LogP contribution in [0.3, 0.4) is 0 Å². The van der Waals surface area contributed by atoms with Crippen LogP contribution in [0.2, 0.25) is 0 Å². The Morgan fingerprint density at radius 2 is 2.05 bits per heavy atom. The van der Waals surface area contributed by atoms with Crippen LogP contribution >= 0.6 is 11.8 Å². The predicted molar refractivity (Wildman–Crippen MR) is 76.7 cm³/mol. The van der Waals surface area contributed by atoms with Crippen molar-refractivity contribution in [2.24, 2.45) is 0 Å². The van der Waals surface area contributed by atoms with Crippen LogP contribution in [0.4, 0.5) is 13.2 Å². The van der Waals surface area contributed by atoms with Gasteiger partial charge < -0.3 is 0 Å². The average Bonchev–Trinajstić information content (AvgIpc) is 2.93. The van der Waals surface area contributed by atoms with Gasteiger partial charge in [-0.25, -0.2) is 9.97 Å². The molecule has 0 bridgehead atoms. The fourth-order valence-electron chi connectivity index (χ4n) is 2.02. The van der Waals surface area contributed by atoms with E-state index >= 15 is 0 Å². The van der Waals surface area contributed by atoms with Gasteiger partial charge >= 0.3 is 6.18 Å². The summed E-state index contributed by atoms with van der Waals surface area (Å²) >= 11 is 1.38. The lowest BCUT2D eigenvalue weighted by molar-refractivity contribution is -0.145. The van der Waals surface area contributed by atoms with Crippen molar-refractivity contribution in [1.82, 2.24) is 24.6 Å². The summed E-state index contributed by atoms with van der Waals surface area (Å²) in [4.78, 5) is 8.38. The van der Waals surface area contributed by atoms with E-state index in [1.807, 2.05) is 6.92 Å². The number of thioether (sulfide) groups is 1. The van der Waals surface area contributed by atoms with E-state index in [0.717, 1.165) is 23.0 Å². The molecule has 0 radical (unpaired) electrons.